The second kappa shape index (κ2) is 8.27. The molecule has 0 aromatic heterocycles. The normalized spacial score (nSPS) is 20.4. The summed E-state index contributed by atoms with van der Waals surface area (Å²) in [6.07, 6.45) is 7.66. The van der Waals surface area contributed by atoms with Crippen molar-refractivity contribution in [2.75, 3.05) is 0 Å². The SMILES string of the molecule is CC(c1cccc2ccccc12)(S(=O)(=O)C1CCCCC1)S(=O)(=O)C1CCCCC1. The molecule has 0 radical (unpaired) electrons. The van der Waals surface area contributed by atoms with E-state index < -0.39 is 34.3 Å². The second-order valence-corrected chi connectivity index (χ2v) is 14.5. The van der Waals surface area contributed by atoms with Gasteiger partial charge in [-0.2, -0.15) is 0 Å². The van der Waals surface area contributed by atoms with E-state index in [2.05, 4.69) is 0 Å². The molecule has 0 unspecified atom stereocenters. The van der Waals surface area contributed by atoms with Crippen LogP contribution in [0.15, 0.2) is 42.5 Å². The van der Waals surface area contributed by atoms with Crippen molar-refractivity contribution in [1.29, 1.82) is 0 Å². The zero-order chi connectivity index (χ0) is 21.4. The minimum atomic E-state index is -3.96. The molecule has 0 N–H and O–H groups in total. The van der Waals surface area contributed by atoms with Crippen LogP contribution in [0.25, 0.3) is 10.8 Å². The first-order valence-corrected chi connectivity index (χ1v) is 14.3. The van der Waals surface area contributed by atoms with Crippen LogP contribution in [0.4, 0.5) is 0 Å². The molecule has 0 aliphatic heterocycles. The third-order valence-corrected chi connectivity index (χ3v) is 14.1. The fourth-order valence-corrected chi connectivity index (χ4v) is 11.7. The van der Waals surface area contributed by atoms with Gasteiger partial charge in [-0.3, -0.25) is 0 Å². The molecule has 2 saturated carbocycles. The van der Waals surface area contributed by atoms with E-state index in [1.807, 2.05) is 30.3 Å². The second-order valence-electron chi connectivity index (χ2n) is 9.08. The summed E-state index contributed by atoms with van der Waals surface area (Å²) in [5.74, 6) is 0. The van der Waals surface area contributed by atoms with Crippen LogP contribution in [-0.2, 0) is 23.8 Å². The van der Waals surface area contributed by atoms with E-state index >= 15 is 0 Å². The van der Waals surface area contributed by atoms with Gasteiger partial charge in [0.15, 0.2) is 23.8 Å². The summed E-state index contributed by atoms with van der Waals surface area (Å²) in [4.78, 5) is 0. The first kappa shape index (κ1) is 21.8. The Morgan fingerprint density at radius 3 is 1.67 bits per heavy atom. The van der Waals surface area contributed by atoms with E-state index in [0.717, 1.165) is 49.3 Å². The minimum absolute atomic E-state index is 0.428. The van der Waals surface area contributed by atoms with Crippen LogP contribution in [0.1, 0.15) is 76.7 Å². The van der Waals surface area contributed by atoms with Gasteiger partial charge in [0.2, 0.25) is 0 Å². The minimum Gasteiger partial charge on any atom is -0.227 e. The van der Waals surface area contributed by atoms with E-state index in [1.165, 1.54) is 6.92 Å². The van der Waals surface area contributed by atoms with Crippen LogP contribution in [-0.4, -0.2) is 27.3 Å². The van der Waals surface area contributed by atoms with Crippen molar-refractivity contribution in [3.8, 4) is 0 Å². The van der Waals surface area contributed by atoms with Crippen molar-refractivity contribution in [1.82, 2.24) is 0 Å². The quantitative estimate of drug-likeness (QED) is 0.605. The maximum atomic E-state index is 14.2. The third-order valence-electron chi connectivity index (χ3n) is 7.35. The van der Waals surface area contributed by atoms with Crippen LogP contribution >= 0.6 is 0 Å². The van der Waals surface area contributed by atoms with Gasteiger partial charge in [0, 0.05) is 0 Å². The molecule has 0 heterocycles. The Morgan fingerprint density at radius 1 is 0.667 bits per heavy atom. The summed E-state index contributed by atoms with van der Waals surface area (Å²) in [5, 5.41) is 0.419. The average molecular weight is 449 g/mol. The van der Waals surface area contributed by atoms with Crippen molar-refractivity contribution in [3.63, 3.8) is 0 Å². The Morgan fingerprint density at radius 2 is 1.13 bits per heavy atom. The van der Waals surface area contributed by atoms with Crippen molar-refractivity contribution in [2.24, 2.45) is 0 Å². The fourth-order valence-electron chi connectivity index (χ4n) is 5.48. The lowest BCUT2D eigenvalue weighted by molar-refractivity contribution is 0.461. The van der Waals surface area contributed by atoms with E-state index in [1.54, 1.807) is 12.1 Å². The highest BCUT2D eigenvalue weighted by atomic mass is 32.3. The van der Waals surface area contributed by atoms with Crippen molar-refractivity contribution >= 4 is 30.4 Å². The Labute approximate surface area is 180 Å². The van der Waals surface area contributed by atoms with E-state index in [-0.39, 0.29) is 0 Å². The molecule has 4 nitrogen and oxygen atoms in total. The molecule has 164 valence electrons. The maximum Gasteiger partial charge on any atom is 0.196 e. The van der Waals surface area contributed by atoms with E-state index in [9.17, 15) is 16.8 Å². The number of hydrogen-bond acceptors (Lipinski definition) is 4. The van der Waals surface area contributed by atoms with Gasteiger partial charge in [-0.25, -0.2) is 16.8 Å². The third kappa shape index (κ3) is 3.40. The Balaban J connectivity index is 1.97. The fraction of sp³-hybridized carbons (Fsp3) is 0.583. The van der Waals surface area contributed by atoms with E-state index in [0.29, 0.717) is 31.2 Å². The molecule has 0 saturated heterocycles. The number of benzene rings is 2. The highest BCUT2D eigenvalue weighted by molar-refractivity contribution is 8.10. The summed E-state index contributed by atoms with van der Waals surface area (Å²) >= 11 is 0. The number of rotatable bonds is 5. The van der Waals surface area contributed by atoms with Gasteiger partial charge >= 0.3 is 0 Å². The Kier molecular flexibility index (Phi) is 6.01. The molecule has 2 aromatic rings. The topological polar surface area (TPSA) is 68.3 Å². The standard InChI is InChI=1S/C24H32O4S2/c1-24(29(25,26)20-13-4-2-5-14-20,30(27,28)21-15-6-3-7-16-21)23-18-10-12-19-11-8-9-17-22(19)23/h8-12,17-18,20-21H,2-7,13-16H2,1H3. The van der Waals surface area contributed by atoms with Crippen LogP contribution in [0.3, 0.4) is 0 Å². The van der Waals surface area contributed by atoms with Gasteiger partial charge in [-0.1, -0.05) is 81.0 Å². The van der Waals surface area contributed by atoms with Crippen molar-refractivity contribution in [2.45, 2.75) is 85.7 Å². The lowest BCUT2D eigenvalue weighted by Crippen LogP contribution is -2.50. The number of fused-ring (bicyclic) bond motifs is 1. The molecule has 2 fully saturated rings. The summed E-state index contributed by atoms with van der Waals surface area (Å²) in [6.45, 7) is 1.49. The molecule has 4 rings (SSSR count). The van der Waals surface area contributed by atoms with Gasteiger partial charge in [-0.05, 0) is 48.9 Å². The highest BCUT2D eigenvalue weighted by Gasteiger charge is 2.57. The van der Waals surface area contributed by atoms with Crippen LogP contribution in [0.5, 0.6) is 0 Å². The van der Waals surface area contributed by atoms with Gasteiger partial charge in [0.05, 0.1) is 10.5 Å². The molecule has 0 spiro atoms. The molecule has 2 aliphatic rings. The molecular formula is C24H32O4S2. The van der Waals surface area contributed by atoms with Crippen molar-refractivity contribution < 1.29 is 16.8 Å². The maximum absolute atomic E-state index is 14.2. The zero-order valence-corrected chi connectivity index (χ0v) is 19.3. The average Bonchev–Trinajstić information content (AvgIpc) is 2.79. The van der Waals surface area contributed by atoms with Crippen LogP contribution < -0.4 is 0 Å². The van der Waals surface area contributed by atoms with Gasteiger partial charge < -0.3 is 0 Å². The lowest BCUT2D eigenvalue weighted by Gasteiger charge is -2.38. The molecular weight excluding hydrogens is 416 g/mol. The molecule has 30 heavy (non-hydrogen) atoms. The first-order valence-electron chi connectivity index (χ1n) is 11.3. The molecule has 0 bridgehead atoms. The lowest BCUT2D eigenvalue weighted by atomic mass is 10.0. The summed E-state index contributed by atoms with van der Waals surface area (Å²) in [5.41, 5.74) is 0.428. The predicted molar refractivity (Wildman–Crippen MR) is 123 cm³/mol. The number of hydrogen-bond donors (Lipinski definition) is 0. The summed E-state index contributed by atoms with van der Waals surface area (Å²) in [7, 11) is -7.93. The molecule has 2 aromatic carbocycles. The largest absolute Gasteiger partial charge is 0.227 e. The Bertz CT molecular complexity index is 1050. The summed E-state index contributed by atoms with van der Waals surface area (Å²) < 4.78 is 54.7. The molecule has 0 amide bonds. The predicted octanol–water partition coefficient (Wildman–Crippen LogP) is 5.51. The van der Waals surface area contributed by atoms with Crippen molar-refractivity contribution in [3.05, 3.63) is 48.0 Å². The summed E-state index contributed by atoms with van der Waals surface area (Å²) in [6, 6.07) is 13.0. The van der Waals surface area contributed by atoms with Crippen LogP contribution in [0.2, 0.25) is 0 Å². The zero-order valence-electron chi connectivity index (χ0n) is 17.7. The Hall–Kier alpha value is -1.40. The molecule has 6 heteroatoms. The molecule has 0 atom stereocenters. The van der Waals surface area contributed by atoms with Gasteiger partial charge in [0.1, 0.15) is 0 Å². The van der Waals surface area contributed by atoms with Crippen LogP contribution in [0, 0.1) is 0 Å². The van der Waals surface area contributed by atoms with Gasteiger partial charge in [-0.15, -0.1) is 0 Å². The molecule has 2 aliphatic carbocycles. The highest BCUT2D eigenvalue weighted by Crippen LogP contribution is 2.47. The first-order chi connectivity index (χ1) is 14.3. The van der Waals surface area contributed by atoms with E-state index in [4.69, 9.17) is 0 Å². The van der Waals surface area contributed by atoms with Gasteiger partial charge in [0.25, 0.3) is 0 Å². The number of sulfone groups is 2. The monoisotopic (exact) mass is 448 g/mol. The smallest absolute Gasteiger partial charge is 0.196 e.